The Hall–Kier alpha value is -1.85. The molecule has 22 heavy (non-hydrogen) atoms. The lowest BCUT2D eigenvalue weighted by Gasteiger charge is -2.46. The molecule has 0 aromatic heterocycles. The highest BCUT2D eigenvalue weighted by Crippen LogP contribution is 2.51. The van der Waals surface area contributed by atoms with Gasteiger partial charge in [-0.05, 0) is 43.9 Å². The number of ether oxygens (including phenoxy) is 2. The van der Waals surface area contributed by atoms with Crippen LogP contribution in [0.15, 0.2) is 12.2 Å². The molecule has 0 aromatic rings. The summed E-state index contributed by atoms with van der Waals surface area (Å²) in [5.74, 6) is -2.64. The van der Waals surface area contributed by atoms with E-state index in [1.54, 1.807) is 0 Å². The average molecular weight is 310 g/mol. The van der Waals surface area contributed by atoms with Gasteiger partial charge in [0.25, 0.3) is 0 Å². The number of esters is 2. The summed E-state index contributed by atoms with van der Waals surface area (Å²) in [6, 6.07) is 0. The molecule has 2 saturated carbocycles. The first-order chi connectivity index (χ1) is 10.4. The molecular weight excluding hydrogens is 288 g/mol. The molecule has 1 N–H and O–H groups in total. The van der Waals surface area contributed by atoms with Gasteiger partial charge in [-0.15, -0.1) is 0 Å². The van der Waals surface area contributed by atoms with Crippen LogP contribution in [0.4, 0.5) is 0 Å². The van der Waals surface area contributed by atoms with E-state index < -0.39 is 24.5 Å². The molecule has 0 unspecified atom stereocenters. The number of carbonyl (C=O) groups excluding carboxylic acids is 2. The van der Waals surface area contributed by atoms with Gasteiger partial charge in [0.05, 0.1) is 6.42 Å². The van der Waals surface area contributed by atoms with Gasteiger partial charge in [-0.1, -0.05) is 13.0 Å². The molecule has 2 fully saturated rings. The maximum atomic E-state index is 11.8. The third-order valence-electron chi connectivity index (χ3n) is 4.68. The maximum absolute atomic E-state index is 11.8. The van der Waals surface area contributed by atoms with Crippen LogP contribution < -0.4 is 0 Å². The van der Waals surface area contributed by atoms with Gasteiger partial charge >= 0.3 is 17.9 Å². The Morgan fingerprint density at radius 3 is 2.27 bits per heavy atom. The van der Waals surface area contributed by atoms with Gasteiger partial charge in [0, 0.05) is 5.57 Å². The van der Waals surface area contributed by atoms with Gasteiger partial charge in [-0.25, -0.2) is 9.59 Å². The molecular formula is C16H22O6. The van der Waals surface area contributed by atoms with Crippen LogP contribution >= 0.6 is 0 Å². The van der Waals surface area contributed by atoms with Crippen LogP contribution in [0.25, 0.3) is 0 Å². The number of carboxylic acids is 1. The Morgan fingerprint density at radius 1 is 1.14 bits per heavy atom. The number of carbonyl (C=O) groups is 3. The first-order valence-corrected chi connectivity index (χ1v) is 7.66. The molecule has 0 aliphatic heterocycles. The number of hydrogen-bond acceptors (Lipinski definition) is 5. The van der Waals surface area contributed by atoms with E-state index in [1.807, 2.05) is 0 Å². The molecule has 0 aromatic carbocycles. The molecule has 2 rings (SSSR count). The third kappa shape index (κ3) is 4.32. The largest absolute Gasteiger partial charge is 0.479 e. The van der Waals surface area contributed by atoms with Gasteiger partial charge < -0.3 is 14.6 Å². The molecule has 2 aliphatic carbocycles. The fraction of sp³-hybridized carbons (Fsp3) is 0.688. The average Bonchev–Trinajstić information content (AvgIpc) is 2.43. The molecule has 6 heteroatoms. The minimum Gasteiger partial charge on any atom is -0.479 e. The van der Waals surface area contributed by atoms with Crippen molar-refractivity contribution in [3.63, 3.8) is 0 Å². The van der Waals surface area contributed by atoms with Crippen LogP contribution in [0.2, 0.25) is 0 Å². The highest BCUT2D eigenvalue weighted by Gasteiger charge is 2.40. The predicted molar refractivity (Wildman–Crippen MR) is 77.0 cm³/mol. The molecule has 0 radical (unpaired) electrons. The zero-order valence-electron chi connectivity index (χ0n) is 12.6. The lowest BCUT2D eigenvalue weighted by atomic mass is 9.60. The van der Waals surface area contributed by atoms with Gasteiger partial charge in [0.1, 0.15) is 6.10 Å². The molecule has 0 saturated heterocycles. The highest BCUT2D eigenvalue weighted by atomic mass is 16.6. The van der Waals surface area contributed by atoms with Crippen molar-refractivity contribution in [1.82, 2.24) is 0 Å². The minimum atomic E-state index is -1.25. The second kappa shape index (κ2) is 6.94. The van der Waals surface area contributed by atoms with Crippen molar-refractivity contribution in [3.8, 4) is 0 Å². The van der Waals surface area contributed by atoms with Crippen molar-refractivity contribution >= 4 is 17.9 Å². The number of aliphatic carboxylic acids is 1. The highest BCUT2D eigenvalue weighted by molar-refractivity contribution is 5.94. The first kappa shape index (κ1) is 16.5. The van der Waals surface area contributed by atoms with Gasteiger partial charge in [0.2, 0.25) is 0 Å². The zero-order valence-corrected chi connectivity index (χ0v) is 12.6. The molecule has 1 spiro atoms. The fourth-order valence-corrected chi connectivity index (χ4v) is 3.20. The van der Waals surface area contributed by atoms with Gasteiger partial charge in [0.15, 0.2) is 6.61 Å². The minimum absolute atomic E-state index is 0.0819. The van der Waals surface area contributed by atoms with Crippen molar-refractivity contribution in [2.45, 2.75) is 57.5 Å². The zero-order chi connectivity index (χ0) is 16.2. The Balaban J connectivity index is 1.68. The Kier molecular flexibility index (Phi) is 5.21. The van der Waals surface area contributed by atoms with E-state index >= 15 is 0 Å². The van der Waals surface area contributed by atoms with E-state index in [0.29, 0.717) is 5.41 Å². The van der Waals surface area contributed by atoms with Gasteiger partial charge in [-0.2, -0.15) is 0 Å². The normalized spacial score (nSPS) is 20.0. The number of rotatable bonds is 6. The maximum Gasteiger partial charge on any atom is 0.341 e. The molecule has 0 bridgehead atoms. The van der Waals surface area contributed by atoms with Crippen LogP contribution in [0.5, 0.6) is 0 Å². The Labute approximate surface area is 129 Å². The number of hydrogen-bond donors (Lipinski definition) is 1. The van der Waals surface area contributed by atoms with Crippen molar-refractivity contribution < 1.29 is 29.0 Å². The van der Waals surface area contributed by atoms with Crippen LogP contribution in [-0.2, 0) is 23.9 Å². The molecule has 0 amide bonds. The molecule has 0 atom stereocenters. The second-order valence-corrected chi connectivity index (χ2v) is 6.29. The molecule has 2 aliphatic rings. The summed E-state index contributed by atoms with van der Waals surface area (Å²) in [6.07, 6.45) is 7.51. The smallest absolute Gasteiger partial charge is 0.341 e. The summed E-state index contributed by atoms with van der Waals surface area (Å²) in [5, 5.41) is 8.41. The van der Waals surface area contributed by atoms with E-state index in [0.717, 1.165) is 25.7 Å². The molecule has 0 heterocycles. The van der Waals surface area contributed by atoms with Crippen LogP contribution in [0.1, 0.15) is 51.4 Å². The predicted octanol–water partition coefficient (Wildman–Crippen LogP) is 2.22. The second-order valence-electron chi connectivity index (χ2n) is 6.29. The fourth-order valence-electron chi connectivity index (χ4n) is 3.20. The van der Waals surface area contributed by atoms with Crippen LogP contribution in [0, 0.1) is 5.41 Å². The molecule has 122 valence electrons. The lowest BCUT2D eigenvalue weighted by molar-refractivity contribution is -0.155. The number of carboxylic acid groups (broad SMARTS) is 1. The monoisotopic (exact) mass is 310 g/mol. The first-order valence-electron chi connectivity index (χ1n) is 7.66. The van der Waals surface area contributed by atoms with Crippen LogP contribution in [0.3, 0.4) is 0 Å². The summed E-state index contributed by atoms with van der Waals surface area (Å²) in [4.78, 5) is 33.5. The van der Waals surface area contributed by atoms with E-state index in [1.165, 1.54) is 19.3 Å². The van der Waals surface area contributed by atoms with Crippen LogP contribution in [-0.4, -0.2) is 35.7 Å². The van der Waals surface area contributed by atoms with E-state index in [9.17, 15) is 14.4 Å². The van der Waals surface area contributed by atoms with Crippen molar-refractivity contribution in [2.75, 3.05) is 6.61 Å². The summed E-state index contributed by atoms with van der Waals surface area (Å²) in [7, 11) is 0. The third-order valence-corrected chi connectivity index (χ3v) is 4.68. The van der Waals surface area contributed by atoms with Gasteiger partial charge in [-0.3, -0.25) is 4.79 Å². The summed E-state index contributed by atoms with van der Waals surface area (Å²) in [5.41, 5.74) is 0.421. The van der Waals surface area contributed by atoms with E-state index in [4.69, 9.17) is 9.84 Å². The SMILES string of the molecule is C=C(CC(=O)OC1CCC2(CCC2)CC1)C(=O)OCC(=O)O. The van der Waals surface area contributed by atoms with Crippen molar-refractivity contribution in [1.29, 1.82) is 0 Å². The molecule has 6 nitrogen and oxygen atoms in total. The van der Waals surface area contributed by atoms with Crippen molar-refractivity contribution in [3.05, 3.63) is 12.2 Å². The van der Waals surface area contributed by atoms with E-state index in [-0.39, 0.29) is 18.1 Å². The summed E-state index contributed by atoms with van der Waals surface area (Å²) in [6.45, 7) is 2.70. The quantitative estimate of drug-likeness (QED) is 0.597. The van der Waals surface area contributed by atoms with Crippen molar-refractivity contribution in [2.24, 2.45) is 5.41 Å². The standard InChI is InChI=1S/C16H22O6/c1-11(15(20)21-10-13(17)18)9-14(19)22-12-3-7-16(8-4-12)5-2-6-16/h12H,1-10H2,(H,17,18). The summed E-state index contributed by atoms with van der Waals surface area (Å²) >= 11 is 0. The Bertz CT molecular complexity index is 467. The summed E-state index contributed by atoms with van der Waals surface area (Å²) < 4.78 is 9.84. The lowest BCUT2D eigenvalue weighted by Crippen LogP contribution is -2.36. The topological polar surface area (TPSA) is 89.9 Å². The van der Waals surface area contributed by atoms with E-state index in [2.05, 4.69) is 11.3 Å². The Morgan fingerprint density at radius 2 is 1.77 bits per heavy atom.